The van der Waals surface area contributed by atoms with Crippen LogP contribution < -0.4 is 0 Å². The van der Waals surface area contributed by atoms with Crippen molar-refractivity contribution in [1.29, 1.82) is 0 Å². The summed E-state index contributed by atoms with van der Waals surface area (Å²) in [6.45, 7) is 6.28. The van der Waals surface area contributed by atoms with Gasteiger partial charge in [-0.1, -0.05) is 242 Å². The Balaban J connectivity index is 4.51. The van der Waals surface area contributed by atoms with Crippen LogP contribution in [-0.2, 0) is 28.6 Å². The van der Waals surface area contributed by atoms with Crippen molar-refractivity contribution in [2.45, 2.75) is 245 Å². The van der Waals surface area contributed by atoms with Gasteiger partial charge < -0.3 is 14.2 Å². The Labute approximate surface area is 472 Å². The van der Waals surface area contributed by atoms with Crippen LogP contribution in [0.1, 0.15) is 239 Å². The van der Waals surface area contributed by atoms with Gasteiger partial charge in [0.05, 0.1) is 0 Å². The zero-order valence-corrected chi connectivity index (χ0v) is 49.1. The van der Waals surface area contributed by atoms with Crippen molar-refractivity contribution in [3.63, 3.8) is 0 Å². The Bertz CT molecular complexity index is 1790. The molecule has 0 saturated heterocycles. The van der Waals surface area contributed by atoms with Gasteiger partial charge in [-0.15, -0.1) is 0 Å². The fraction of sp³-hybridized carbons (Fsp3) is 0.563. The molecular formula is C71H110O6. The summed E-state index contributed by atoms with van der Waals surface area (Å²) < 4.78 is 16.8. The number of ether oxygens (including phenoxy) is 3. The Kier molecular flexibility index (Phi) is 59.0. The van der Waals surface area contributed by atoms with Crippen molar-refractivity contribution in [3.8, 4) is 0 Å². The monoisotopic (exact) mass is 1060 g/mol. The Hall–Kier alpha value is -5.23. The van der Waals surface area contributed by atoms with Crippen LogP contribution in [0, 0.1) is 0 Å². The molecule has 0 aromatic carbocycles. The number of hydrogen-bond donors (Lipinski definition) is 0. The normalized spacial score (nSPS) is 13.3. The largest absolute Gasteiger partial charge is 0.462 e. The lowest BCUT2D eigenvalue weighted by molar-refractivity contribution is -0.167. The van der Waals surface area contributed by atoms with Crippen LogP contribution in [-0.4, -0.2) is 37.2 Å². The minimum atomic E-state index is -0.819. The summed E-state index contributed by atoms with van der Waals surface area (Å²) in [4.78, 5) is 38.3. The molecule has 0 amide bonds. The topological polar surface area (TPSA) is 78.9 Å². The molecule has 0 N–H and O–H groups in total. The van der Waals surface area contributed by atoms with E-state index < -0.39 is 6.10 Å². The maximum atomic E-state index is 12.9. The summed E-state index contributed by atoms with van der Waals surface area (Å²) in [5.41, 5.74) is 0. The van der Waals surface area contributed by atoms with E-state index in [1.807, 2.05) is 0 Å². The molecule has 0 heterocycles. The number of carbonyl (C=O) groups is 3. The lowest BCUT2D eigenvalue weighted by Gasteiger charge is -2.18. The second-order valence-corrected chi connectivity index (χ2v) is 19.5. The van der Waals surface area contributed by atoms with E-state index in [9.17, 15) is 14.4 Å². The number of allylic oxidation sites excluding steroid dienone is 28. The van der Waals surface area contributed by atoms with E-state index >= 15 is 0 Å². The third kappa shape index (κ3) is 61.5. The van der Waals surface area contributed by atoms with Gasteiger partial charge in [0.25, 0.3) is 0 Å². The maximum absolute atomic E-state index is 12.9. The van der Waals surface area contributed by atoms with Gasteiger partial charge in [0, 0.05) is 19.3 Å². The summed E-state index contributed by atoms with van der Waals surface area (Å²) in [6.07, 6.45) is 93.4. The first-order chi connectivity index (χ1) is 38.0. The van der Waals surface area contributed by atoms with E-state index in [4.69, 9.17) is 14.2 Å². The molecule has 77 heavy (non-hydrogen) atoms. The van der Waals surface area contributed by atoms with Gasteiger partial charge in [0.2, 0.25) is 0 Å². The van der Waals surface area contributed by atoms with Gasteiger partial charge in [-0.05, 0) is 148 Å². The van der Waals surface area contributed by atoms with Crippen LogP contribution in [0.3, 0.4) is 0 Å². The molecule has 0 saturated carbocycles. The van der Waals surface area contributed by atoms with Crippen molar-refractivity contribution in [2.75, 3.05) is 13.2 Å². The highest BCUT2D eigenvalue weighted by molar-refractivity contribution is 5.71. The third-order valence-electron chi connectivity index (χ3n) is 12.2. The molecule has 1 atom stereocenters. The van der Waals surface area contributed by atoms with E-state index in [1.165, 1.54) is 6.42 Å². The van der Waals surface area contributed by atoms with Crippen molar-refractivity contribution in [2.24, 2.45) is 0 Å². The standard InChI is InChI=1S/C71H110O6/c1-4-7-10-13-16-19-22-25-27-29-31-33-34-35-36-38-39-41-43-46-49-52-55-58-61-64-70(73)76-67-68(66-75-69(72)63-60-57-54-51-48-45-24-21-18-15-12-9-6-3)77-71(74)65-62-59-56-53-50-47-44-42-40-37-32-30-28-26-23-20-17-14-11-8-5-2/h7-8,10-12,15-17,19-21,24-28,31-33,35-37,39,41-42,44,46,49,68H,4-6,9,13-14,18,22-23,29-30,34,38,40,43,45,47-48,50-67H2,1-3H3/b10-7-,11-8-,15-12-,19-16-,20-17-,24-21-,27-25-,28-26-,33-31-,36-35-,37-32-,41-39-,44-42-,49-46-. The van der Waals surface area contributed by atoms with Crippen LogP contribution >= 0.6 is 0 Å². The summed E-state index contributed by atoms with van der Waals surface area (Å²) in [5.74, 6) is -0.987. The van der Waals surface area contributed by atoms with E-state index in [0.29, 0.717) is 12.8 Å². The number of hydrogen-bond acceptors (Lipinski definition) is 6. The molecule has 0 aliphatic rings. The molecule has 0 rings (SSSR count). The fourth-order valence-corrected chi connectivity index (χ4v) is 7.66. The van der Waals surface area contributed by atoms with Gasteiger partial charge in [0.15, 0.2) is 6.10 Å². The first kappa shape index (κ1) is 71.8. The Morgan fingerprint density at radius 1 is 0.273 bits per heavy atom. The van der Waals surface area contributed by atoms with Crippen LogP contribution in [0.4, 0.5) is 0 Å². The fourth-order valence-electron chi connectivity index (χ4n) is 7.66. The quantitative estimate of drug-likeness (QED) is 0.0261. The zero-order valence-electron chi connectivity index (χ0n) is 49.1. The molecule has 0 aromatic heterocycles. The predicted octanol–water partition coefficient (Wildman–Crippen LogP) is 21.1. The summed E-state index contributed by atoms with van der Waals surface area (Å²) in [7, 11) is 0. The van der Waals surface area contributed by atoms with E-state index in [2.05, 4.69) is 191 Å². The van der Waals surface area contributed by atoms with E-state index in [1.54, 1.807) is 0 Å². The molecule has 0 aromatic rings. The second-order valence-electron chi connectivity index (χ2n) is 19.5. The first-order valence-corrected chi connectivity index (χ1v) is 30.6. The van der Waals surface area contributed by atoms with Crippen molar-refractivity contribution in [3.05, 3.63) is 170 Å². The average molecular weight is 1060 g/mol. The van der Waals surface area contributed by atoms with Gasteiger partial charge in [0.1, 0.15) is 13.2 Å². The maximum Gasteiger partial charge on any atom is 0.306 e. The smallest absolute Gasteiger partial charge is 0.306 e. The van der Waals surface area contributed by atoms with Gasteiger partial charge >= 0.3 is 17.9 Å². The summed E-state index contributed by atoms with van der Waals surface area (Å²) in [6, 6.07) is 0. The summed E-state index contributed by atoms with van der Waals surface area (Å²) >= 11 is 0. The molecule has 1 unspecified atom stereocenters. The lowest BCUT2D eigenvalue weighted by Crippen LogP contribution is -2.30. The highest BCUT2D eigenvalue weighted by Gasteiger charge is 2.19. The van der Waals surface area contributed by atoms with Gasteiger partial charge in [-0.2, -0.15) is 0 Å². The SMILES string of the molecule is CC/C=C\C/C=C\C/C=C\C/C=C\C/C=C\C/C=C\C/C=C\CCCCCC(=O)OCC(COC(=O)CCCCCCC/C=C\C/C=C\CCC)OC(=O)CCCCCCC/C=C\C/C=C\C/C=C\C/C=C\C/C=C\CC. The highest BCUT2D eigenvalue weighted by atomic mass is 16.6. The summed E-state index contributed by atoms with van der Waals surface area (Å²) in [5, 5.41) is 0. The molecule has 0 radical (unpaired) electrons. The van der Waals surface area contributed by atoms with E-state index in [0.717, 1.165) is 193 Å². The number of carbonyl (C=O) groups excluding carboxylic acids is 3. The van der Waals surface area contributed by atoms with E-state index in [-0.39, 0.29) is 37.5 Å². The Morgan fingerprint density at radius 3 is 0.805 bits per heavy atom. The highest BCUT2D eigenvalue weighted by Crippen LogP contribution is 2.13. The van der Waals surface area contributed by atoms with Crippen LogP contribution in [0.15, 0.2) is 170 Å². The van der Waals surface area contributed by atoms with Crippen molar-refractivity contribution in [1.82, 2.24) is 0 Å². The molecule has 0 aliphatic carbocycles. The van der Waals surface area contributed by atoms with Crippen molar-refractivity contribution >= 4 is 17.9 Å². The second kappa shape index (κ2) is 63.3. The predicted molar refractivity (Wildman–Crippen MR) is 334 cm³/mol. The third-order valence-corrected chi connectivity index (χ3v) is 12.2. The minimum Gasteiger partial charge on any atom is -0.462 e. The molecule has 6 heteroatoms. The Morgan fingerprint density at radius 2 is 0.506 bits per heavy atom. The molecule has 0 bridgehead atoms. The molecule has 430 valence electrons. The first-order valence-electron chi connectivity index (χ1n) is 30.6. The number of unbranched alkanes of at least 4 members (excludes halogenated alkanes) is 14. The molecule has 0 fully saturated rings. The minimum absolute atomic E-state index is 0.113. The van der Waals surface area contributed by atoms with Gasteiger partial charge in [-0.3, -0.25) is 14.4 Å². The number of esters is 3. The average Bonchev–Trinajstić information content (AvgIpc) is 3.43. The van der Waals surface area contributed by atoms with Crippen LogP contribution in [0.25, 0.3) is 0 Å². The van der Waals surface area contributed by atoms with Gasteiger partial charge in [-0.25, -0.2) is 0 Å². The zero-order chi connectivity index (χ0) is 55.7. The molecule has 6 nitrogen and oxygen atoms in total. The molecular weight excluding hydrogens is 949 g/mol. The lowest BCUT2D eigenvalue weighted by atomic mass is 10.1. The molecule has 0 spiro atoms. The van der Waals surface area contributed by atoms with Crippen LogP contribution in [0.5, 0.6) is 0 Å². The molecule has 0 aliphatic heterocycles. The van der Waals surface area contributed by atoms with Crippen LogP contribution in [0.2, 0.25) is 0 Å². The van der Waals surface area contributed by atoms with Crippen molar-refractivity contribution < 1.29 is 28.6 Å². The number of rotatable bonds is 53.